The second-order valence-corrected chi connectivity index (χ2v) is 11.5. The van der Waals surface area contributed by atoms with Gasteiger partial charge in [0.2, 0.25) is 15.0 Å². The maximum Gasteiger partial charge on any atom is 0.243 e. The third kappa shape index (κ3) is 3.97. The van der Waals surface area contributed by atoms with Crippen molar-refractivity contribution >= 4 is 44.6 Å². The van der Waals surface area contributed by atoms with Gasteiger partial charge in [0.05, 0.1) is 18.9 Å². The fraction of sp³-hybridized carbons (Fsp3) is 0.0909. The molecule has 0 fully saturated rings. The molecule has 0 radical (unpaired) electrons. The lowest BCUT2D eigenvalue weighted by Gasteiger charge is -2.19. The van der Waals surface area contributed by atoms with Crippen molar-refractivity contribution in [3.63, 3.8) is 0 Å². The van der Waals surface area contributed by atoms with E-state index in [1.165, 1.54) is 24.3 Å². The van der Waals surface area contributed by atoms with Gasteiger partial charge < -0.3 is 0 Å². The Morgan fingerprint density at radius 1 is 0.850 bits per heavy atom. The molecule has 0 aliphatic carbocycles. The number of carbonyl (C=O) groups is 1. The normalized spacial score (nSPS) is 26.9. The van der Waals surface area contributed by atoms with Crippen LogP contribution in [0.15, 0.2) is 30.3 Å². The van der Waals surface area contributed by atoms with Crippen molar-refractivity contribution in [3.05, 3.63) is 35.9 Å². The molecule has 1 aliphatic rings. The molecule has 0 saturated carbocycles. The lowest BCUT2D eigenvalue weighted by molar-refractivity contribution is 0.102. The van der Waals surface area contributed by atoms with Crippen LogP contribution in [0.1, 0.15) is 10.4 Å². The van der Waals surface area contributed by atoms with Crippen LogP contribution in [-0.4, -0.2) is 28.6 Å². The van der Waals surface area contributed by atoms with E-state index in [1.54, 1.807) is 6.07 Å². The first-order chi connectivity index (χ1) is 9.11. The zero-order chi connectivity index (χ0) is 15.0. The number of halogens is 5. The van der Waals surface area contributed by atoms with Crippen molar-refractivity contribution in [3.8, 4) is 0 Å². The molecule has 9 heteroatoms. The highest BCUT2D eigenvalue weighted by Gasteiger charge is 2.35. The van der Waals surface area contributed by atoms with Crippen LogP contribution >= 0.6 is 22.2 Å². The highest BCUT2D eigenvalue weighted by Crippen LogP contribution is 2.71. The van der Waals surface area contributed by atoms with Gasteiger partial charge in [-0.2, -0.15) is 16.8 Å². The molecule has 0 aromatic heterocycles. The molecule has 2 rings (SSSR count). The smallest absolute Gasteiger partial charge is 0.243 e. The van der Waals surface area contributed by atoms with E-state index < -0.39 is 34.2 Å². The Labute approximate surface area is 113 Å². The summed E-state index contributed by atoms with van der Waals surface area (Å²) in [5.41, 5.74) is -0.00871. The Kier molecular flexibility index (Phi) is 4.22. The van der Waals surface area contributed by atoms with E-state index in [9.17, 15) is 25.8 Å². The molecule has 0 N–H and O–H groups in total. The summed E-state index contributed by atoms with van der Waals surface area (Å²) in [5.74, 6) is -0.740. The molecular formula is C11H10F5OP3. The van der Waals surface area contributed by atoms with Crippen LogP contribution in [0.25, 0.3) is 0 Å². The van der Waals surface area contributed by atoms with Crippen LogP contribution in [-0.2, 0) is 0 Å². The summed E-state index contributed by atoms with van der Waals surface area (Å²) in [4.78, 5) is 11.8. The van der Waals surface area contributed by atoms with Gasteiger partial charge in [0, 0.05) is 16.6 Å². The van der Waals surface area contributed by atoms with E-state index in [0.29, 0.717) is 0 Å². The fourth-order valence-corrected chi connectivity index (χ4v) is 11.2. The van der Waals surface area contributed by atoms with E-state index in [4.69, 9.17) is 0 Å². The Bertz CT molecular complexity index is 691. The number of Topliss-reactive ketones (excluding diaryl/α,β-unsaturated/α-hetero) is 1. The number of carbonyl (C=O) groups excluding carboxylic acids is 1. The molecule has 0 amide bonds. The van der Waals surface area contributed by atoms with Crippen molar-refractivity contribution in [1.82, 2.24) is 0 Å². The van der Waals surface area contributed by atoms with Crippen molar-refractivity contribution < 1.29 is 25.8 Å². The Morgan fingerprint density at radius 3 is 1.95 bits per heavy atom. The van der Waals surface area contributed by atoms with Crippen molar-refractivity contribution in [2.75, 3.05) is 6.16 Å². The Hall–Kier alpha value is -0.560. The lowest BCUT2D eigenvalue weighted by Crippen LogP contribution is -2.07. The molecule has 0 spiro atoms. The van der Waals surface area contributed by atoms with Crippen LogP contribution in [0, 0.1) is 0 Å². The van der Waals surface area contributed by atoms with E-state index in [0.717, 1.165) is 0 Å². The van der Waals surface area contributed by atoms with Gasteiger partial charge in [0.25, 0.3) is 0 Å². The zero-order valence-corrected chi connectivity index (χ0v) is 12.6. The summed E-state index contributed by atoms with van der Waals surface area (Å²) < 4.78 is 67.4. The zero-order valence-electron chi connectivity index (χ0n) is 9.97. The van der Waals surface area contributed by atoms with Gasteiger partial charge >= 0.3 is 0 Å². The number of hydrogen-bond acceptors (Lipinski definition) is 1. The van der Waals surface area contributed by atoms with Gasteiger partial charge in [-0.15, -0.1) is 0 Å². The van der Waals surface area contributed by atoms with Crippen molar-refractivity contribution in [2.45, 2.75) is 0 Å². The predicted octanol–water partition coefficient (Wildman–Crippen LogP) is 5.64. The van der Waals surface area contributed by atoms with Crippen molar-refractivity contribution in [2.24, 2.45) is 0 Å². The van der Waals surface area contributed by atoms with Gasteiger partial charge in [-0.1, -0.05) is 30.3 Å². The van der Waals surface area contributed by atoms with Crippen molar-refractivity contribution in [1.29, 1.82) is 0 Å². The maximum atomic E-state index is 14.4. The van der Waals surface area contributed by atoms with E-state index >= 15 is 0 Å². The predicted molar refractivity (Wildman–Crippen MR) is 80.1 cm³/mol. The fourth-order valence-electron chi connectivity index (χ4n) is 1.82. The first-order valence-electron chi connectivity index (χ1n) is 5.43. The number of hydrogen-bond donors (Lipinski definition) is 0. The molecule has 1 aliphatic heterocycles. The molecule has 1 aromatic rings. The average Bonchev–Trinajstić information content (AvgIpc) is 2.24. The quantitative estimate of drug-likeness (QED) is 0.393. The molecule has 1 atom stereocenters. The third-order valence-corrected chi connectivity index (χ3v) is 11.3. The topological polar surface area (TPSA) is 17.1 Å². The minimum atomic E-state index is -5.19. The van der Waals surface area contributed by atoms with E-state index in [2.05, 4.69) is 0 Å². The summed E-state index contributed by atoms with van der Waals surface area (Å²) in [6.07, 6.45) is -0.921. The van der Waals surface area contributed by atoms with Crippen LogP contribution in [0.5, 0.6) is 0 Å². The van der Waals surface area contributed by atoms with Gasteiger partial charge in [0.15, 0.2) is 5.78 Å². The molecule has 110 valence electrons. The lowest BCUT2D eigenvalue weighted by atomic mass is 10.2. The minimum Gasteiger partial charge on any atom is -0.294 e. The largest absolute Gasteiger partial charge is 0.294 e. The number of ketones is 1. The van der Waals surface area contributed by atoms with Crippen LogP contribution < -0.4 is 0 Å². The van der Waals surface area contributed by atoms with Gasteiger partial charge in [-0.25, -0.2) is 4.20 Å². The summed E-state index contributed by atoms with van der Waals surface area (Å²) in [7, 11) is -14.7. The molecule has 0 saturated heterocycles. The third-order valence-electron chi connectivity index (χ3n) is 2.48. The maximum absolute atomic E-state index is 14.4. The molecule has 1 heterocycles. The minimum absolute atomic E-state index is 0.0816. The number of rotatable bonds is 3. The second-order valence-electron chi connectivity index (χ2n) is 4.33. The summed E-state index contributed by atoms with van der Waals surface area (Å²) in [5, 5.41) is 0. The van der Waals surface area contributed by atoms with E-state index in [1.807, 2.05) is 0 Å². The summed E-state index contributed by atoms with van der Waals surface area (Å²) in [6, 6.07) is 7.48. The Morgan fingerprint density at radius 2 is 1.40 bits per heavy atom. The highest BCUT2D eigenvalue weighted by molar-refractivity contribution is 8.16. The molecule has 20 heavy (non-hydrogen) atoms. The van der Waals surface area contributed by atoms with Gasteiger partial charge in [-0.3, -0.25) is 4.79 Å². The molecule has 1 aromatic carbocycles. The first-order valence-corrected chi connectivity index (χ1v) is 10.9. The average molecular weight is 346 g/mol. The first kappa shape index (κ1) is 15.8. The van der Waals surface area contributed by atoms with Crippen LogP contribution in [0.3, 0.4) is 0 Å². The standard InChI is InChI=1S/C11H10F5OP3/c12-18(6-11(17)10-4-2-1-3-5-10)7-19(13,14)9-20(15,16)8-18/h1-5,7-9H,6H2. The molecule has 1 unspecified atom stereocenters. The molecule has 1 nitrogen and oxygen atoms in total. The van der Waals surface area contributed by atoms with Gasteiger partial charge in [-0.05, 0) is 0 Å². The van der Waals surface area contributed by atoms with E-state index in [-0.39, 0.29) is 22.2 Å². The van der Waals surface area contributed by atoms with Crippen LogP contribution in [0.2, 0.25) is 0 Å². The molecule has 0 bridgehead atoms. The Balaban J connectivity index is 2.39. The van der Waals surface area contributed by atoms with Crippen LogP contribution in [0.4, 0.5) is 21.0 Å². The highest BCUT2D eigenvalue weighted by atomic mass is 31.3. The summed E-state index contributed by atoms with van der Waals surface area (Å²) >= 11 is 0. The summed E-state index contributed by atoms with van der Waals surface area (Å²) in [6.45, 7) is 0. The second kappa shape index (κ2) is 5.33. The number of benzene rings is 1. The molecular weight excluding hydrogens is 336 g/mol. The van der Waals surface area contributed by atoms with Gasteiger partial charge in [0.1, 0.15) is 0 Å². The SMILES string of the molecule is O=C(CP1(F)=CP(F)(F)=CP(F)(F)=C1)c1ccccc1. The monoisotopic (exact) mass is 346 g/mol.